The number of fused-ring (bicyclic) bond motifs is 2. The summed E-state index contributed by atoms with van der Waals surface area (Å²) in [6.07, 6.45) is 6.81. The van der Waals surface area contributed by atoms with Crippen molar-refractivity contribution in [1.82, 2.24) is 5.32 Å². The minimum atomic E-state index is 0.0120. The molecule has 3 unspecified atom stereocenters. The van der Waals surface area contributed by atoms with Gasteiger partial charge in [0, 0.05) is 17.8 Å². The van der Waals surface area contributed by atoms with Gasteiger partial charge in [-0.05, 0) is 68.1 Å². The Hall–Kier alpha value is -1.51. The van der Waals surface area contributed by atoms with E-state index < -0.39 is 0 Å². The van der Waals surface area contributed by atoms with E-state index in [1.54, 1.807) is 6.07 Å². The monoisotopic (exact) mass is 272 g/mol. The summed E-state index contributed by atoms with van der Waals surface area (Å²) in [6, 6.07) is 5.50. The molecular formula is C17H24N2O. The molecule has 0 spiro atoms. The maximum absolute atomic E-state index is 12.2. The molecule has 0 aliphatic heterocycles. The van der Waals surface area contributed by atoms with Gasteiger partial charge in [0.2, 0.25) is 0 Å². The minimum Gasteiger partial charge on any atom is -0.399 e. The van der Waals surface area contributed by atoms with Gasteiger partial charge in [0.25, 0.3) is 5.91 Å². The molecule has 0 saturated heterocycles. The zero-order valence-corrected chi connectivity index (χ0v) is 12.2. The summed E-state index contributed by atoms with van der Waals surface area (Å²) in [5.74, 6) is 2.77. The molecule has 0 aromatic heterocycles. The van der Waals surface area contributed by atoms with Crippen molar-refractivity contribution in [3.05, 3.63) is 29.3 Å². The van der Waals surface area contributed by atoms with Gasteiger partial charge in [-0.2, -0.15) is 0 Å². The van der Waals surface area contributed by atoms with Crippen LogP contribution < -0.4 is 11.1 Å². The molecule has 3 rings (SSSR count). The number of benzene rings is 1. The number of hydrogen-bond donors (Lipinski definition) is 2. The second kappa shape index (κ2) is 5.47. The number of hydrogen-bond acceptors (Lipinski definition) is 2. The van der Waals surface area contributed by atoms with Gasteiger partial charge in [-0.25, -0.2) is 0 Å². The standard InChI is InChI=1S/C17H24N2O/c1-11-2-5-15(18)10-16(11)17(20)19-7-6-14-9-12-3-4-13(14)8-12/h2,5,10,12-14H,3-4,6-9,18H2,1H3,(H,19,20). The first-order valence-corrected chi connectivity index (χ1v) is 7.78. The first-order valence-electron chi connectivity index (χ1n) is 7.78. The molecule has 108 valence electrons. The van der Waals surface area contributed by atoms with Crippen LogP contribution in [0.2, 0.25) is 0 Å². The van der Waals surface area contributed by atoms with Gasteiger partial charge in [-0.1, -0.05) is 12.5 Å². The van der Waals surface area contributed by atoms with Crippen LogP contribution in [0.1, 0.15) is 48.0 Å². The minimum absolute atomic E-state index is 0.0120. The molecule has 20 heavy (non-hydrogen) atoms. The summed E-state index contributed by atoms with van der Waals surface area (Å²) in [5.41, 5.74) is 8.09. The van der Waals surface area contributed by atoms with Crippen molar-refractivity contribution in [2.24, 2.45) is 17.8 Å². The van der Waals surface area contributed by atoms with Crippen molar-refractivity contribution in [3.63, 3.8) is 0 Å². The zero-order chi connectivity index (χ0) is 14.1. The van der Waals surface area contributed by atoms with Crippen LogP contribution in [0.25, 0.3) is 0 Å². The highest BCUT2D eigenvalue weighted by Gasteiger charge is 2.38. The van der Waals surface area contributed by atoms with Crippen LogP contribution in [0.15, 0.2) is 18.2 Å². The highest BCUT2D eigenvalue weighted by atomic mass is 16.1. The summed E-state index contributed by atoms with van der Waals surface area (Å²) in [7, 11) is 0. The molecule has 3 nitrogen and oxygen atoms in total. The van der Waals surface area contributed by atoms with E-state index in [1.807, 2.05) is 19.1 Å². The number of nitrogen functional groups attached to an aromatic ring is 1. The lowest BCUT2D eigenvalue weighted by Crippen LogP contribution is -2.27. The molecule has 2 fully saturated rings. The number of rotatable bonds is 4. The smallest absolute Gasteiger partial charge is 0.251 e. The van der Waals surface area contributed by atoms with Crippen LogP contribution in [0.4, 0.5) is 5.69 Å². The van der Waals surface area contributed by atoms with E-state index in [0.717, 1.165) is 36.3 Å². The Balaban J connectivity index is 1.51. The summed E-state index contributed by atoms with van der Waals surface area (Å²) in [6.45, 7) is 2.74. The lowest BCUT2D eigenvalue weighted by Gasteiger charge is -2.21. The maximum atomic E-state index is 12.2. The van der Waals surface area contributed by atoms with E-state index in [9.17, 15) is 4.79 Å². The Bertz CT molecular complexity index is 512. The van der Waals surface area contributed by atoms with E-state index in [1.165, 1.54) is 25.7 Å². The summed E-state index contributed by atoms with van der Waals surface area (Å²) < 4.78 is 0. The lowest BCUT2D eigenvalue weighted by molar-refractivity contribution is 0.0949. The van der Waals surface area contributed by atoms with Crippen LogP contribution in [0.5, 0.6) is 0 Å². The van der Waals surface area contributed by atoms with Crippen LogP contribution in [-0.4, -0.2) is 12.5 Å². The number of amides is 1. The van der Waals surface area contributed by atoms with Crippen LogP contribution >= 0.6 is 0 Å². The Morgan fingerprint density at radius 1 is 1.35 bits per heavy atom. The molecule has 0 heterocycles. The lowest BCUT2D eigenvalue weighted by atomic mass is 9.86. The van der Waals surface area contributed by atoms with Crippen LogP contribution in [0.3, 0.4) is 0 Å². The Morgan fingerprint density at radius 3 is 2.90 bits per heavy atom. The molecule has 2 saturated carbocycles. The average Bonchev–Trinajstić information content (AvgIpc) is 3.04. The number of carbonyl (C=O) groups is 1. The highest BCUT2D eigenvalue weighted by Crippen LogP contribution is 2.49. The highest BCUT2D eigenvalue weighted by molar-refractivity contribution is 5.96. The fourth-order valence-corrected chi connectivity index (χ4v) is 4.08. The quantitative estimate of drug-likeness (QED) is 0.827. The number of aryl methyl sites for hydroxylation is 1. The fourth-order valence-electron chi connectivity index (χ4n) is 4.08. The third kappa shape index (κ3) is 2.67. The first-order chi connectivity index (χ1) is 9.63. The number of anilines is 1. The predicted molar refractivity (Wildman–Crippen MR) is 81.5 cm³/mol. The molecule has 2 aliphatic carbocycles. The number of nitrogens with two attached hydrogens (primary N) is 1. The van der Waals surface area contributed by atoms with Crippen molar-refractivity contribution in [2.75, 3.05) is 12.3 Å². The maximum Gasteiger partial charge on any atom is 0.251 e. The van der Waals surface area contributed by atoms with Gasteiger partial charge >= 0.3 is 0 Å². The van der Waals surface area contributed by atoms with E-state index in [4.69, 9.17) is 5.73 Å². The van der Waals surface area contributed by atoms with E-state index in [2.05, 4.69) is 5.32 Å². The molecule has 1 aromatic carbocycles. The van der Waals surface area contributed by atoms with Crippen molar-refractivity contribution in [3.8, 4) is 0 Å². The first kappa shape index (κ1) is 13.5. The van der Waals surface area contributed by atoms with Crippen molar-refractivity contribution in [1.29, 1.82) is 0 Å². The third-order valence-corrected chi connectivity index (χ3v) is 5.19. The zero-order valence-electron chi connectivity index (χ0n) is 12.2. The Labute approximate surface area is 120 Å². The molecule has 3 atom stereocenters. The fraction of sp³-hybridized carbons (Fsp3) is 0.588. The van der Waals surface area contributed by atoms with E-state index in [0.29, 0.717) is 11.3 Å². The number of carbonyl (C=O) groups excluding carboxylic acids is 1. The van der Waals surface area contributed by atoms with E-state index in [-0.39, 0.29) is 5.91 Å². The van der Waals surface area contributed by atoms with Crippen molar-refractivity contribution in [2.45, 2.75) is 39.0 Å². The van der Waals surface area contributed by atoms with Crippen molar-refractivity contribution < 1.29 is 4.79 Å². The SMILES string of the molecule is Cc1ccc(N)cc1C(=O)NCCC1CC2CCC1C2. The molecule has 1 aromatic rings. The Morgan fingerprint density at radius 2 is 2.20 bits per heavy atom. The molecule has 1 amide bonds. The van der Waals surface area contributed by atoms with E-state index >= 15 is 0 Å². The average molecular weight is 272 g/mol. The van der Waals surface area contributed by atoms with Crippen LogP contribution in [-0.2, 0) is 0 Å². The normalized spacial score (nSPS) is 27.8. The van der Waals surface area contributed by atoms with Crippen LogP contribution in [0, 0.1) is 24.7 Å². The summed E-state index contributed by atoms with van der Waals surface area (Å²) in [5, 5.41) is 3.06. The molecule has 2 bridgehead atoms. The molecular weight excluding hydrogens is 248 g/mol. The van der Waals surface area contributed by atoms with Crippen molar-refractivity contribution >= 4 is 11.6 Å². The molecule has 3 heteroatoms. The molecule has 3 N–H and O–H groups in total. The topological polar surface area (TPSA) is 55.1 Å². The molecule has 0 radical (unpaired) electrons. The van der Waals surface area contributed by atoms with Gasteiger partial charge in [0.05, 0.1) is 0 Å². The van der Waals surface area contributed by atoms with Gasteiger partial charge in [-0.3, -0.25) is 4.79 Å². The van der Waals surface area contributed by atoms with Gasteiger partial charge < -0.3 is 11.1 Å². The second-order valence-electron chi connectivity index (χ2n) is 6.55. The summed E-state index contributed by atoms with van der Waals surface area (Å²) >= 11 is 0. The summed E-state index contributed by atoms with van der Waals surface area (Å²) in [4.78, 5) is 12.2. The Kier molecular flexibility index (Phi) is 3.68. The molecule has 2 aliphatic rings. The van der Waals surface area contributed by atoms with Gasteiger partial charge in [-0.15, -0.1) is 0 Å². The largest absolute Gasteiger partial charge is 0.399 e. The second-order valence-corrected chi connectivity index (χ2v) is 6.55. The number of nitrogens with one attached hydrogen (secondary N) is 1. The predicted octanol–water partition coefficient (Wildman–Crippen LogP) is 3.13. The third-order valence-electron chi connectivity index (χ3n) is 5.19. The van der Waals surface area contributed by atoms with Gasteiger partial charge in [0.15, 0.2) is 0 Å². The van der Waals surface area contributed by atoms with Gasteiger partial charge in [0.1, 0.15) is 0 Å².